The maximum absolute atomic E-state index is 4.27. The molecule has 0 unspecified atom stereocenters. The van der Waals surface area contributed by atoms with Crippen molar-refractivity contribution in [3.63, 3.8) is 0 Å². The minimum absolute atomic E-state index is 1.04. The van der Waals surface area contributed by atoms with Crippen LogP contribution >= 0.6 is 0 Å². The van der Waals surface area contributed by atoms with Crippen LogP contribution in [0, 0.1) is 0 Å². The van der Waals surface area contributed by atoms with Gasteiger partial charge in [-0.1, -0.05) is 30.9 Å². The fourth-order valence-electron chi connectivity index (χ4n) is 1.39. The predicted molar refractivity (Wildman–Crippen MR) is 59.2 cm³/mol. The Morgan fingerprint density at radius 1 is 1.54 bits per heavy atom. The highest BCUT2D eigenvalue weighted by molar-refractivity contribution is 6.17. The first-order valence-electron chi connectivity index (χ1n) is 4.38. The van der Waals surface area contributed by atoms with E-state index in [2.05, 4.69) is 29.8 Å². The number of allylic oxidation sites excluding steroid dienone is 7. The molecule has 0 saturated carbocycles. The van der Waals surface area contributed by atoms with Crippen molar-refractivity contribution in [1.29, 1.82) is 0 Å². The number of nitrogens with zero attached hydrogens (tertiary/aromatic N) is 1. The number of hydrogen-bond donors (Lipinski definition) is 0. The van der Waals surface area contributed by atoms with E-state index in [9.17, 15) is 0 Å². The smallest absolute Gasteiger partial charge is 0.0714 e. The summed E-state index contributed by atoms with van der Waals surface area (Å²) in [6, 6.07) is 0. The zero-order valence-electron chi connectivity index (χ0n) is 8.46. The molecule has 13 heavy (non-hydrogen) atoms. The highest BCUT2D eigenvalue weighted by atomic mass is 14.7. The molecule has 0 heterocycles. The first-order chi connectivity index (χ1) is 6.20. The van der Waals surface area contributed by atoms with Gasteiger partial charge in [-0.15, -0.1) is 0 Å². The third kappa shape index (κ3) is 1.86. The Labute approximate surface area is 79.9 Å². The zero-order chi connectivity index (χ0) is 9.84. The van der Waals surface area contributed by atoms with Crippen LogP contribution in [-0.2, 0) is 0 Å². The maximum Gasteiger partial charge on any atom is 0.0714 e. The Morgan fingerprint density at radius 2 is 2.23 bits per heavy atom. The summed E-state index contributed by atoms with van der Waals surface area (Å²) in [7, 11) is 1.81. The van der Waals surface area contributed by atoms with Crippen molar-refractivity contribution in [2.45, 2.75) is 13.8 Å². The predicted octanol–water partition coefficient (Wildman–Crippen LogP) is 3.08. The van der Waals surface area contributed by atoms with Gasteiger partial charge in [-0.05, 0) is 25.0 Å². The van der Waals surface area contributed by atoms with Crippen molar-refractivity contribution in [2.75, 3.05) is 7.05 Å². The van der Waals surface area contributed by atoms with Crippen molar-refractivity contribution in [3.05, 3.63) is 47.6 Å². The molecule has 0 aromatic heterocycles. The molecular weight excluding hydrogens is 158 g/mol. The summed E-state index contributed by atoms with van der Waals surface area (Å²) in [6.07, 6.45) is 8.22. The average molecular weight is 173 g/mol. The van der Waals surface area contributed by atoms with Crippen LogP contribution in [-0.4, -0.2) is 12.8 Å². The largest absolute Gasteiger partial charge is 0.287 e. The van der Waals surface area contributed by atoms with Crippen LogP contribution in [0.25, 0.3) is 0 Å². The molecular formula is C12H15N. The summed E-state index contributed by atoms with van der Waals surface area (Å²) in [6.45, 7) is 7.96. The standard InChI is InChI=1S/C12H15N/c1-5-10-7-6-8-11(9(2)3)12(10)13-4/h5-8H,2H2,1,3-4H3/b10-5-,13-12?. The molecule has 0 N–H and O–H groups in total. The lowest BCUT2D eigenvalue weighted by Crippen LogP contribution is -2.08. The van der Waals surface area contributed by atoms with Crippen LogP contribution < -0.4 is 0 Å². The number of aliphatic imine (C=N–C) groups is 1. The Bertz CT molecular complexity index is 338. The van der Waals surface area contributed by atoms with Crippen molar-refractivity contribution in [2.24, 2.45) is 4.99 Å². The number of rotatable bonds is 1. The van der Waals surface area contributed by atoms with Crippen molar-refractivity contribution in [1.82, 2.24) is 0 Å². The zero-order valence-corrected chi connectivity index (χ0v) is 8.46. The van der Waals surface area contributed by atoms with E-state index < -0.39 is 0 Å². The Hall–Kier alpha value is -1.37. The second-order valence-electron chi connectivity index (χ2n) is 3.04. The van der Waals surface area contributed by atoms with Crippen LogP contribution in [0.4, 0.5) is 0 Å². The summed E-state index contributed by atoms with van der Waals surface area (Å²) in [5, 5.41) is 0. The summed E-state index contributed by atoms with van der Waals surface area (Å²) in [5.74, 6) is 0. The lowest BCUT2D eigenvalue weighted by atomic mass is 9.93. The van der Waals surface area contributed by atoms with E-state index in [0.29, 0.717) is 0 Å². The third-order valence-electron chi connectivity index (χ3n) is 2.06. The Kier molecular flexibility index (Phi) is 3.02. The van der Waals surface area contributed by atoms with Crippen molar-refractivity contribution < 1.29 is 0 Å². The maximum atomic E-state index is 4.27. The van der Waals surface area contributed by atoms with E-state index in [1.807, 2.05) is 27.0 Å². The minimum Gasteiger partial charge on any atom is -0.287 e. The van der Waals surface area contributed by atoms with Gasteiger partial charge in [-0.2, -0.15) is 0 Å². The van der Waals surface area contributed by atoms with Crippen LogP contribution in [0.15, 0.2) is 52.6 Å². The van der Waals surface area contributed by atoms with E-state index in [1.54, 1.807) is 0 Å². The molecule has 1 rings (SSSR count). The molecule has 0 bridgehead atoms. The molecule has 1 heteroatoms. The van der Waals surface area contributed by atoms with Crippen molar-refractivity contribution in [3.8, 4) is 0 Å². The van der Waals surface area contributed by atoms with Gasteiger partial charge in [0.2, 0.25) is 0 Å². The molecule has 0 atom stereocenters. The van der Waals surface area contributed by atoms with Crippen LogP contribution in [0.5, 0.6) is 0 Å². The normalized spacial score (nSPS) is 22.2. The van der Waals surface area contributed by atoms with E-state index >= 15 is 0 Å². The van der Waals surface area contributed by atoms with Gasteiger partial charge in [-0.25, -0.2) is 0 Å². The molecule has 0 saturated heterocycles. The lowest BCUT2D eigenvalue weighted by Gasteiger charge is -2.14. The molecule has 0 aliphatic heterocycles. The van der Waals surface area contributed by atoms with Gasteiger partial charge in [0, 0.05) is 12.6 Å². The molecule has 0 aromatic rings. The quantitative estimate of drug-likeness (QED) is 0.578. The molecule has 1 aliphatic carbocycles. The van der Waals surface area contributed by atoms with E-state index in [0.717, 1.165) is 16.9 Å². The molecule has 0 radical (unpaired) electrons. The molecule has 0 fully saturated rings. The fourth-order valence-corrected chi connectivity index (χ4v) is 1.39. The highest BCUT2D eigenvalue weighted by Crippen LogP contribution is 2.20. The van der Waals surface area contributed by atoms with Gasteiger partial charge in [0.25, 0.3) is 0 Å². The van der Waals surface area contributed by atoms with Crippen LogP contribution in [0.2, 0.25) is 0 Å². The second-order valence-corrected chi connectivity index (χ2v) is 3.04. The molecule has 1 aliphatic rings. The van der Waals surface area contributed by atoms with Gasteiger partial charge in [0.1, 0.15) is 0 Å². The summed E-state index contributed by atoms with van der Waals surface area (Å²) < 4.78 is 0. The van der Waals surface area contributed by atoms with E-state index in [1.165, 1.54) is 5.57 Å². The monoisotopic (exact) mass is 173 g/mol. The first kappa shape index (κ1) is 9.72. The molecule has 0 spiro atoms. The SMILES string of the molecule is C=C(C)C1=CC=C/C(=C/C)C1=NC. The molecule has 0 amide bonds. The minimum atomic E-state index is 1.04. The topological polar surface area (TPSA) is 12.4 Å². The van der Waals surface area contributed by atoms with E-state index in [-0.39, 0.29) is 0 Å². The Morgan fingerprint density at radius 3 is 2.69 bits per heavy atom. The van der Waals surface area contributed by atoms with Gasteiger partial charge in [0.05, 0.1) is 5.71 Å². The fraction of sp³-hybridized carbons (Fsp3) is 0.250. The Balaban J connectivity index is 3.18. The first-order valence-corrected chi connectivity index (χ1v) is 4.38. The molecule has 68 valence electrons. The van der Waals surface area contributed by atoms with Gasteiger partial charge < -0.3 is 0 Å². The van der Waals surface area contributed by atoms with Gasteiger partial charge in [-0.3, -0.25) is 4.99 Å². The average Bonchev–Trinajstić information content (AvgIpc) is 2.16. The van der Waals surface area contributed by atoms with E-state index in [4.69, 9.17) is 0 Å². The third-order valence-corrected chi connectivity index (χ3v) is 2.06. The molecule has 1 nitrogen and oxygen atoms in total. The summed E-state index contributed by atoms with van der Waals surface area (Å²) in [5.41, 5.74) is 4.41. The van der Waals surface area contributed by atoms with Gasteiger partial charge in [0.15, 0.2) is 0 Å². The lowest BCUT2D eigenvalue weighted by molar-refractivity contribution is 1.37. The summed E-state index contributed by atoms with van der Waals surface area (Å²) >= 11 is 0. The van der Waals surface area contributed by atoms with Crippen LogP contribution in [0.3, 0.4) is 0 Å². The molecule has 0 aromatic carbocycles. The summed E-state index contributed by atoms with van der Waals surface area (Å²) in [4.78, 5) is 4.27. The number of hydrogen-bond acceptors (Lipinski definition) is 1. The second kappa shape index (κ2) is 4.04. The highest BCUT2D eigenvalue weighted by Gasteiger charge is 2.12. The van der Waals surface area contributed by atoms with Crippen molar-refractivity contribution >= 4 is 5.71 Å². The van der Waals surface area contributed by atoms with Crippen LogP contribution in [0.1, 0.15) is 13.8 Å². The van der Waals surface area contributed by atoms with Gasteiger partial charge >= 0.3 is 0 Å².